The number of nitrogens with one attached hydrogen (secondary N) is 4. The van der Waals surface area contributed by atoms with Gasteiger partial charge in [0.15, 0.2) is 0 Å². The van der Waals surface area contributed by atoms with Crippen molar-refractivity contribution in [3.63, 3.8) is 0 Å². The molecule has 0 aromatic heterocycles. The molecule has 43 heavy (non-hydrogen) atoms. The number of anilines is 4. The van der Waals surface area contributed by atoms with Crippen LogP contribution in [0.5, 0.6) is 0 Å². The third-order valence-electron chi connectivity index (χ3n) is 5.98. The minimum absolute atomic E-state index is 0.0423. The molecule has 0 aliphatic rings. The lowest BCUT2D eigenvalue weighted by molar-refractivity contribution is -0.117. The topological polar surface area (TPSA) is 116 Å². The van der Waals surface area contributed by atoms with Crippen molar-refractivity contribution in [1.29, 1.82) is 0 Å². The van der Waals surface area contributed by atoms with Gasteiger partial charge in [0.1, 0.15) is 11.6 Å². The summed E-state index contributed by atoms with van der Waals surface area (Å²) in [4.78, 5) is 50.0. The zero-order chi connectivity index (χ0) is 30.9. The molecule has 0 heterocycles. The highest BCUT2D eigenvalue weighted by Crippen LogP contribution is 2.22. The summed E-state index contributed by atoms with van der Waals surface area (Å²) >= 11 is 11.5. The zero-order valence-corrected chi connectivity index (χ0v) is 23.9. The maximum atomic E-state index is 13.4. The van der Waals surface area contributed by atoms with Gasteiger partial charge in [0.2, 0.25) is 11.8 Å². The van der Waals surface area contributed by atoms with Crippen LogP contribution in [0.25, 0.3) is 0 Å². The summed E-state index contributed by atoms with van der Waals surface area (Å²) in [5.74, 6) is -2.86. The quantitative estimate of drug-likeness (QED) is 0.146. The molecular weight excluding hydrogens is 601 g/mol. The Morgan fingerprint density at radius 1 is 0.535 bits per heavy atom. The minimum Gasteiger partial charge on any atom is -0.326 e. The standard InChI is InChI=1S/C31H24Cl2F2N4O4/c32-24-16-22(10-12-26(24)34)38-30(42)18-4-1-6-20(14-18)36-28(40)8-3-9-29(41)37-21-7-2-5-19(15-21)31(43)39-23-11-13-27(35)25(33)17-23/h1-2,4-7,10-17H,3,8-9H2,(H,36,40)(H,37,41)(H,38,42)(H,39,43). The van der Waals surface area contributed by atoms with Crippen LogP contribution in [-0.2, 0) is 9.59 Å². The molecule has 4 aromatic carbocycles. The smallest absolute Gasteiger partial charge is 0.255 e. The number of carbonyl (C=O) groups is 4. The second-order valence-electron chi connectivity index (χ2n) is 9.28. The van der Waals surface area contributed by atoms with Crippen molar-refractivity contribution in [3.8, 4) is 0 Å². The molecule has 4 aromatic rings. The number of hydrogen-bond acceptors (Lipinski definition) is 4. The van der Waals surface area contributed by atoms with Gasteiger partial charge in [-0.25, -0.2) is 8.78 Å². The summed E-state index contributed by atoms with van der Waals surface area (Å²) in [5, 5.41) is 10.4. The molecule has 12 heteroatoms. The van der Waals surface area contributed by atoms with E-state index < -0.39 is 23.4 Å². The van der Waals surface area contributed by atoms with E-state index in [-0.39, 0.29) is 52.2 Å². The van der Waals surface area contributed by atoms with E-state index in [9.17, 15) is 28.0 Å². The van der Waals surface area contributed by atoms with Gasteiger partial charge < -0.3 is 21.3 Å². The highest BCUT2D eigenvalue weighted by Gasteiger charge is 2.12. The lowest BCUT2D eigenvalue weighted by atomic mass is 10.1. The monoisotopic (exact) mass is 624 g/mol. The predicted molar refractivity (Wildman–Crippen MR) is 163 cm³/mol. The second kappa shape index (κ2) is 14.4. The van der Waals surface area contributed by atoms with E-state index in [4.69, 9.17) is 23.2 Å². The molecule has 0 fully saturated rings. The highest BCUT2D eigenvalue weighted by molar-refractivity contribution is 6.31. The molecule has 0 aliphatic heterocycles. The van der Waals surface area contributed by atoms with Crippen LogP contribution >= 0.6 is 23.2 Å². The van der Waals surface area contributed by atoms with E-state index in [1.165, 1.54) is 36.4 Å². The molecule has 0 aliphatic carbocycles. The van der Waals surface area contributed by atoms with E-state index in [0.717, 1.165) is 12.1 Å². The molecule has 220 valence electrons. The Bertz CT molecular complexity index is 1580. The van der Waals surface area contributed by atoms with Crippen LogP contribution in [0.15, 0.2) is 84.9 Å². The molecule has 0 saturated heterocycles. The molecular formula is C31H24Cl2F2N4O4. The SMILES string of the molecule is O=C(CCCC(=O)Nc1cccc(C(=O)Nc2ccc(F)c(Cl)c2)c1)Nc1cccc(C(=O)Nc2ccc(F)c(Cl)c2)c1. The number of halogens is 4. The first-order valence-corrected chi connectivity index (χ1v) is 13.7. The Morgan fingerprint density at radius 2 is 0.930 bits per heavy atom. The number of carbonyl (C=O) groups excluding carboxylic acids is 4. The van der Waals surface area contributed by atoms with Gasteiger partial charge in [0.25, 0.3) is 11.8 Å². The van der Waals surface area contributed by atoms with E-state index >= 15 is 0 Å². The summed E-state index contributed by atoms with van der Waals surface area (Å²) in [6.07, 6.45) is 0.329. The Kier molecular flexibility index (Phi) is 10.4. The summed E-state index contributed by atoms with van der Waals surface area (Å²) < 4.78 is 26.7. The number of rotatable bonds is 10. The Balaban J connectivity index is 1.23. The van der Waals surface area contributed by atoms with Crippen molar-refractivity contribution >= 4 is 69.6 Å². The fourth-order valence-corrected chi connectivity index (χ4v) is 4.25. The van der Waals surface area contributed by atoms with Crippen molar-refractivity contribution in [2.75, 3.05) is 21.3 Å². The molecule has 4 amide bonds. The molecule has 0 unspecified atom stereocenters. The van der Waals surface area contributed by atoms with Crippen molar-refractivity contribution in [2.45, 2.75) is 19.3 Å². The molecule has 4 N–H and O–H groups in total. The van der Waals surface area contributed by atoms with Crippen LogP contribution in [0, 0.1) is 11.6 Å². The van der Waals surface area contributed by atoms with Gasteiger partial charge >= 0.3 is 0 Å². The Labute approximate surface area is 255 Å². The van der Waals surface area contributed by atoms with Crippen LogP contribution in [0.3, 0.4) is 0 Å². The van der Waals surface area contributed by atoms with Gasteiger partial charge in [0, 0.05) is 46.7 Å². The molecule has 0 radical (unpaired) electrons. The fourth-order valence-electron chi connectivity index (χ4n) is 3.89. The molecule has 0 atom stereocenters. The first kappa shape index (κ1) is 31.1. The lowest BCUT2D eigenvalue weighted by Gasteiger charge is -2.10. The molecule has 0 saturated carbocycles. The number of amides is 4. The zero-order valence-electron chi connectivity index (χ0n) is 22.3. The van der Waals surface area contributed by atoms with E-state index in [2.05, 4.69) is 21.3 Å². The molecule has 8 nitrogen and oxygen atoms in total. The molecule has 0 spiro atoms. The summed E-state index contributed by atoms with van der Waals surface area (Å²) in [5.41, 5.74) is 1.92. The summed E-state index contributed by atoms with van der Waals surface area (Å²) in [7, 11) is 0. The first-order chi connectivity index (χ1) is 20.6. The van der Waals surface area contributed by atoms with Gasteiger partial charge in [-0.05, 0) is 79.2 Å². The Hall–Kier alpha value is -4.80. The van der Waals surface area contributed by atoms with E-state index in [0.29, 0.717) is 22.7 Å². The van der Waals surface area contributed by atoms with Gasteiger partial charge in [-0.15, -0.1) is 0 Å². The van der Waals surface area contributed by atoms with E-state index in [1.54, 1.807) is 36.4 Å². The minimum atomic E-state index is -0.605. The highest BCUT2D eigenvalue weighted by atomic mass is 35.5. The molecule has 0 bridgehead atoms. The predicted octanol–water partition coefficient (Wildman–Crippen LogP) is 7.52. The average Bonchev–Trinajstić information content (AvgIpc) is 2.97. The van der Waals surface area contributed by atoms with Crippen LogP contribution in [-0.4, -0.2) is 23.6 Å². The van der Waals surface area contributed by atoms with Crippen molar-refractivity contribution in [1.82, 2.24) is 0 Å². The fraction of sp³-hybridized carbons (Fsp3) is 0.0968. The van der Waals surface area contributed by atoms with Gasteiger partial charge in [0.05, 0.1) is 10.0 Å². The van der Waals surface area contributed by atoms with Crippen LogP contribution in [0.1, 0.15) is 40.0 Å². The van der Waals surface area contributed by atoms with Crippen molar-refractivity contribution in [3.05, 3.63) is 118 Å². The maximum absolute atomic E-state index is 13.4. The van der Waals surface area contributed by atoms with Gasteiger partial charge in [-0.1, -0.05) is 35.3 Å². The van der Waals surface area contributed by atoms with Crippen molar-refractivity contribution in [2.24, 2.45) is 0 Å². The largest absolute Gasteiger partial charge is 0.326 e. The Morgan fingerprint density at radius 3 is 1.33 bits per heavy atom. The average molecular weight is 625 g/mol. The van der Waals surface area contributed by atoms with Crippen molar-refractivity contribution < 1.29 is 28.0 Å². The van der Waals surface area contributed by atoms with Gasteiger partial charge in [-0.3, -0.25) is 19.2 Å². The third-order valence-corrected chi connectivity index (χ3v) is 6.56. The summed E-state index contributed by atoms with van der Waals surface area (Å²) in [6.45, 7) is 0. The number of hydrogen-bond donors (Lipinski definition) is 4. The van der Waals surface area contributed by atoms with Gasteiger partial charge in [-0.2, -0.15) is 0 Å². The number of benzene rings is 4. The van der Waals surface area contributed by atoms with Crippen LogP contribution < -0.4 is 21.3 Å². The molecule has 4 rings (SSSR count). The first-order valence-electron chi connectivity index (χ1n) is 12.9. The second-order valence-corrected chi connectivity index (χ2v) is 10.1. The normalized spacial score (nSPS) is 10.5. The third kappa shape index (κ3) is 9.09. The van der Waals surface area contributed by atoms with E-state index in [1.807, 2.05) is 0 Å². The van der Waals surface area contributed by atoms with Crippen LogP contribution in [0.4, 0.5) is 31.5 Å². The lowest BCUT2D eigenvalue weighted by Crippen LogP contribution is -2.16. The maximum Gasteiger partial charge on any atom is 0.255 e. The summed E-state index contributed by atoms with van der Waals surface area (Å²) in [6, 6.07) is 20.1. The van der Waals surface area contributed by atoms with Crippen LogP contribution in [0.2, 0.25) is 10.0 Å².